The second kappa shape index (κ2) is 39.3. The van der Waals surface area contributed by atoms with E-state index in [9.17, 15) is 124 Å². The maximum atomic E-state index is 13.2. The average molecular weight is 1590 g/mol. The van der Waals surface area contributed by atoms with Crippen LogP contribution in [-0.4, -0.2) is 353 Å². The number of nitrogen functional groups attached to an aromatic ring is 1. The van der Waals surface area contributed by atoms with Gasteiger partial charge in [-0.25, -0.2) is 9.59 Å². The topological polar surface area (TPSA) is 711 Å². The van der Waals surface area contributed by atoms with Crippen LogP contribution < -0.4 is 37.6 Å². The number of phosphoric ester groups is 1. The maximum Gasteiger partial charge on any atom is 0.364 e. The number of nitrogens with zero attached hydrogens (tertiary/aromatic N) is 2. The number of nitrogens with two attached hydrogens (primary N) is 1. The lowest BCUT2D eigenvalue weighted by Crippen LogP contribution is -2.70. The van der Waals surface area contributed by atoms with Crippen LogP contribution in [0, 0.1) is 5.92 Å². The molecule has 11 unspecified atom stereocenters. The molecular weight excluding hydrogens is 1500 g/mol. The molecule has 0 aliphatic carbocycles. The number of nitrogens with one attached hydrogen (secondary N) is 4. The van der Waals surface area contributed by atoms with E-state index in [2.05, 4.69) is 26.3 Å². The summed E-state index contributed by atoms with van der Waals surface area (Å²) in [5.74, 6) is -9.94. The molecule has 6 fully saturated rings. The average Bonchev–Trinajstić information content (AvgIpc) is 1.32. The van der Waals surface area contributed by atoms with Crippen molar-refractivity contribution in [3.05, 3.63) is 58.1 Å². The molecule has 8 rings (SSSR count). The number of methoxy groups -OCH3 is 1. The van der Waals surface area contributed by atoms with Gasteiger partial charge in [0.25, 0.3) is 32.5 Å². The van der Waals surface area contributed by atoms with Crippen LogP contribution in [0.4, 0.5) is 5.82 Å². The van der Waals surface area contributed by atoms with E-state index in [1.165, 1.54) is 31.4 Å². The number of anilines is 1. The van der Waals surface area contributed by atoms with Crippen LogP contribution in [0.3, 0.4) is 0 Å². The molecule has 31 atom stereocenters. The SMILES string of the molecule is CO[C@@H]1C(CO)O[C@H](O[C@@H]2C(OC=O)O[C@@H](O[C@@H]3C(CO)O[C@H](O[C@@H]4C(OC=O)O[C@@H](OCCNC(=O)c5ccc(CNCC(=O)CC[C@H]6C([C@H](O)[C@H](O)CO)O[C@](OP(=O)([O-])OC[C@H]7O[C@@H](n8ccc(N)nc8=O)C(O)[C@H]7O)(C(=O)O)C[C@H]6O)cc5)C(O)[C@H]4O)C(NC(C)=O)[C@H]3O)C(O)[C@H]2O)C(NC(C)=O)[C@H]1O. The predicted molar refractivity (Wildman–Crippen MR) is 342 cm³/mol. The van der Waals surface area contributed by atoms with Gasteiger partial charge in [0, 0.05) is 64.6 Å². The molecule has 2 aromatic rings. The van der Waals surface area contributed by atoms with Crippen molar-refractivity contribution in [2.24, 2.45) is 5.92 Å². The van der Waals surface area contributed by atoms with Crippen molar-refractivity contribution in [2.45, 2.75) is 217 Å². The van der Waals surface area contributed by atoms with E-state index >= 15 is 0 Å². The number of carboxylic acids is 1. The molecule has 109 heavy (non-hydrogen) atoms. The third-order valence-electron chi connectivity index (χ3n) is 18.4. The molecule has 3 amide bonds. The molecule has 48 heteroatoms. The second-order valence-corrected chi connectivity index (χ2v) is 27.1. The number of benzene rings is 1. The molecule has 0 bridgehead atoms. The van der Waals surface area contributed by atoms with E-state index in [0.717, 1.165) is 30.7 Å². The summed E-state index contributed by atoms with van der Waals surface area (Å²) < 4.78 is 95.8. The quantitative estimate of drug-likeness (QED) is 0.0170. The Morgan fingerprint density at radius 3 is 1.83 bits per heavy atom. The van der Waals surface area contributed by atoms with E-state index in [0.29, 0.717) is 5.56 Å². The van der Waals surface area contributed by atoms with Crippen LogP contribution in [0.2, 0.25) is 0 Å². The Balaban J connectivity index is 0.795. The van der Waals surface area contributed by atoms with Crippen molar-refractivity contribution in [2.75, 3.05) is 59.0 Å². The first-order valence-corrected chi connectivity index (χ1v) is 35.1. The molecule has 6 saturated heterocycles. The van der Waals surface area contributed by atoms with Gasteiger partial charge in [-0.2, -0.15) is 4.98 Å². The van der Waals surface area contributed by atoms with Crippen molar-refractivity contribution in [1.82, 2.24) is 30.8 Å². The molecule has 0 radical (unpaired) electrons. The summed E-state index contributed by atoms with van der Waals surface area (Å²) >= 11 is 0. The Hall–Kier alpha value is -6.54. The van der Waals surface area contributed by atoms with Crippen molar-refractivity contribution >= 4 is 56.1 Å². The largest absolute Gasteiger partial charge is 0.756 e. The lowest BCUT2D eigenvalue weighted by atomic mass is 9.80. The summed E-state index contributed by atoms with van der Waals surface area (Å²) in [6.45, 7) is -3.35. The third kappa shape index (κ3) is 21.4. The number of aliphatic carboxylic acids is 1. The predicted octanol–water partition coefficient (Wildman–Crippen LogP) is -12.4. The van der Waals surface area contributed by atoms with Crippen LogP contribution in [0.15, 0.2) is 41.3 Å². The minimum Gasteiger partial charge on any atom is -0.756 e. The first kappa shape index (κ1) is 88.0. The number of amides is 3. The van der Waals surface area contributed by atoms with Gasteiger partial charge < -0.3 is 175 Å². The highest BCUT2D eigenvalue weighted by molar-refractivity contribution is 7.46. The first-order chi connectivity index (χ1) is 51.6. The van der Waals surface area contributed by atoms with Crippen LogP contribution in [-0.2, 0) is 111 Å². The molecule has 47 nitrogen and oxygen atoms in total. The summed E-state index contributed by atoms with van der Waals surface area (Å²) in [5, 5.41) is 173. The van der Waals surface area contributed by atoms with E-state index in [-0.39, 0.29) is 50.4 Å². The molecule has 21 N–H and O–H groups in total. The fourth-order valence-electron chi connectivity index (χ4n) is 12.9. The molecule has 1 aromatic carbocycles. The molecular formula is C61H89N7O40P-. The van der Waals surface area contributed by atoms with Gasteiger partial charge in [-0.15, -0.1) is 0 Å². The molecule has 6 aliphatic rings. The van der Waals surface area contributed by atoms with Gasteiger partial charge in [0.05, 0.1) is 51.8 Å². The number of aliphatic hydroxyl groups excluding tert-OH is 14. The van der Waals surface area contributed by atoms with Crippen LogP contribution >= 0.6 is 7.82 Å². The Kier molecular flexibility index (Phi) is 31.7. The number of hydrogen-bond donors (Lipinski definition) is 20. The van der Waals surface area contributed by atoms with Crippen molar-refractivity contribution < 1.29 is 190 Å². The fraction of sp³-hybridized carbons (Fsp3) is 0.721. The number of ether oxygens (including phenoxy) is 13. The van der Waals surface area contributed by atoms with Crippen LogP contribution in [0.1, 0.15) is 55.3 Å². The van der Waals surface area contributed by atoms with Gasteiger partial charge in [0.15, 0.2) is 43.6 Å². The maximum absolute atomic E-state index is 13.2. The first-order valence-electron chi connectivity index (χ1n) is 33.6. The highest BCUT2D eigenvalue weighted by atomic mass is 31.2. The normalized spacial score (nSPS) is 37.3. The van der Waals surface area contributed by atoms with E-state index in [1.807, 2.05) is 0 Å². The lowest BCUT2D eigenvalue weighted by molar-refractivity contribution is -0.398. The van der Waals surface area contributed by atoms with Gasteiger partial charge in [0.2, 0.25) is 24.4 Å². The summed E-state index contributed by atoms with van der Waals surface area (Å²) in [6.07, 6.45) is -50.3. The lowest BCUT2D eigenvalue weighted by Gasteiger charge is -2.49. The third-order valence-corrected chi connectivity index (χ3v) is 19.3. The van der Waals surface area contributed by atoms with Crippen LogP contribution in [0.25, 0.3) is 0 Å². The van der Waals surface area contributed by atoms with Crippen molar-refractivity contribution in [1.29, 1.82) is 0 Å². The van der Waals surface area contributed by atoms with Crippen LogP contribution in [0.5, 0.6) is 0 Å². The number of carbonyl (C=O) groups excluding carboxylic acids is 6. The highest BCUT2D eigenvalue weighted by Crippen LogP contribution is 2.50. The van der Waals surface area contributed by atoms with Gasteiger partial charge in [-0.05, 0) is 30.2 Å². The Labute approximate surface area is 616 Å². The number of hydrogen-bond acceptors (Lipinski definition) is 42. The van der Waals surface area contributed by atoms with E-state index in [1.54, 1.807) is 0 Å². The summed E-state index contributed by atoms with van der Waals surface area (Å²) in [7, 11) is -4.75. The highest BCUT2D eigenvalue weighted by Gasteiger charge is 2.60. The van der Waals surface area contributed by atoms with Gasteiger partial charge in [0.1, 0.15) is 115 Å². The standard InChI is InChI=1S/C61H90N7O40P/c1-23(74)65-35-39(81)47(94-3)31(18-70)100-53(35)104-50-42(84)45(87)56(106-58(50)97-22-73)102-48-32(19-71)101-54(36(40(48)82)66-24(2)75)103-49-41(83)44(86)55(105-57(49)96-21-72)95-13-11-64-51(88)26-6-4-25(5-7-26)15-63-16-27(76)8-9-28-29(77)14-61(59(89)90,107-46(28)37(79)30(78)17-69)108-109(92,93)98-20-33-38(80)43(85)52(99-33)68-12-10-34(62)67-60(68)91/h4-7,10,12,21-22,28-33,35-50,52-58,63,69-71,77-87H,8-9,11,13-20H2,1-3H3,(H,64,88)(H,65,74)(H,66,75)(H,89,90)(H,92,93)(H2,62,67,91)/p-1/t28-,29-,30-,31?,32?,33-,35?,36?,37-,38+,39-,40-,41-,42-,43?,44?,45?,46?,47-,48-,49+,50+,52-,53-,54-,55-,56-,57?,58?,61-/m1/s1. The van der Waals surface area contributed by atoms with E-state index < -0.39 is 273 Å². The van der Waals surface area contributed by atoms with Gasteiger partial charge in [-0.3, -0.25) is 42.4 Å². The second-order valence-electron chi connectivity index (χ2n) is 25.8. The molecule has 614 valence electrons. The minimum absolute atomic E-state index is 0.0300. The number of ketones is 1. The zero-order valence-corrected chi connectivity index (χ0v) is 58.9. The van der Waals surface area contributed by atoms with Crippen molar-refractivity contribution in [3.63, 3.8) is 0 Å². The Bertz CT molecular complexity index is 3470. The van der Waals surface area contributed by atoms with E-state index in [4.69, 9.17) is 76.4 Å². The number of Topliss-reactive ketones (excluding diaryl/α,β-unsaturated/α-hetero) is 1. The molecule has 0 saturated carbocycles. The summed E-state index contributed by atoms with van der Waals surface area (Å²) in [6, 6.07) is 3.76. The fourth-order valence-corrected chi connectivity index (χ4v) is 13.8. The monoisotopic (exact) mass is 1590 g/mol. The molecule has 6 aliphatic heterocycles. The number of carbonyl (C=O) groups is 7. The zero-order valence-electron chi connectivity index (χ0n) is 58.0. The van der Waals surface area contributed by atoms with Gasteiger partial charge in [-0.1, -0.05) is 12.1 Å². The molecule has 0 spiro atoms. The van der Waals surface area contributed by atoms with Gasteiger partial charge >= 0.3 is 11.7 Å². The number of rotatable bonds is 37. The summed E-state index contributed by atoms with van der Waals surface area (Å²) in [4.78, 5) is 116. The Morgan fingerprint density at radius 2 is 1.28 bits per heavy atom. The Morgan fingerprint density at radius 1 is 0.725 bits per heavy atom. The number of phosphoric acid groups is 1. The summed E-state index contributed by atoms with van der Waals surface area (Å²) in [5.41, 5.74) is 5.13. The zero-order chi connectivity index (χ0) is 80.1. The minimum atomic E-state index is -5.94. The molecule has 7 heterocycles. The number of aliphatic hydroxyl groups is 14. The number of carboxylic acid groups (broad SMARTS) is 1. The van der Waals surface area contributed by atoms with Crippen molar-refractivity contribution in [3.8, 4) is 0 Å². The smallest absolute Gasteiger partial charge is 0.364 e. The molecule has 1 aromatic heterocycles. The number of aromatic nitrogens is 2.